The summed E-state index contributed by atoms with van der Waals surface area (Å²) in [5.74, 6) is -0.358. The molecular weight excluding hydrogens is 230 g/mol. The van der Waals surface area contributed by atoms with Gasteiger partial charge in [-0.2, -0.15) is 5.26 Å². The van der Waals surface area contributed by atoms with Crippen molar-refractivity contribution in [1.29, 1.82) is 5.26 Å². The van der Waals surface area contributed by atoms with Crippen molar-refractivity contribution >= 4 is 11.8 Å². The summed E-state index contributed by atoms with van der Waals surface area (Å²) < 4.78 is 0. The summed E-state index contributed by atoms with van der Waals surface area (Å²) in [6.45, 7) is 6.28. The Labute approximate surface area is 107 Å². The van der Waals surface area contributed by atoms with Gasteiger partial charge in [-0.05, 0) is 32.9 Å². The number of hydrogen-bond acceptors (Lipinski definition) is 4. The average molecular weight is 247 g/mol. The standard InChI is InChI=1S/C13H17N3O2/c1-9(2)16(6-4-5-14)12-8-11(13(17)18)7-10(3)15-12/h7-9H,4,6H2,1-3H3,(H,17,18). The maximum absolute atomic E-state index is 11.0. The highest BCUT2D eigenvalue weighted by atomic mass is 16.4. The Morgan fingerprint density at radius 1 is 1.56 bits per heavy atom. The number of nitrogens with zero attached hydrogens (tertiary/aromatic N) is 3. The summed E-state index contributed by atoms with van der Waals surface area (Å²) in [5.41, 5.74) is 0.882. The Balaban J connectivity index is 3.12. The zero-order chi connectivity index (χ0) is 13.7. The summed E-state index contributed by atoms with van der Waals surface area (Å²) in [4.78, 5) is 17.3. The van der Waals surface area contributed by atoms with Gasteiger partial charge in [-0.3, -0.25) is 0 Å². The summed E-state index contributed by atoms with van der Waals surface area (Å²) in [6, 6.07) is 5.34. The molecule has 1 aromatic heterocycles. The second-order valence-electron chi connectivity index (χ2n) is 4.36. The molecule has 1 rings (SSSR count). The van der Waals surface area contributed by atoms with Crippen LogP contribution < -0.4 is 4.90 Å². The summed E-state index contributed by atoms with van der Waals surface area (Å²) in [5, 5.41) is 17.7. The minimum atomic E-state index is -0.967. The first kappa shape index (κ1) is 14.0. The van der Waals surface area contributed by atoms with Crippen LogP contribution >= 0.6 is 0 Å². The normalized spacial score (nSPS) is 10.2. The smallest absolute Gasteiger partial charge is 0.335 e. The third kappa shape index (κ3) is 3.45. The van der Waals surface area contributed by atoms with E-state index in [1.54, 1.807) is 13.0 Å². The third-order valence-electron chi connectivity index (χ3n) is 2.57. The van der Waals surface area contributed by atoms with Crippen LogP contribution in [0.5, 0.6) is 0 Å². The zero-order valence-electron chi connectivity index (χ0n) is 10.8. The number of aromatic nitrogens is 1. The van der Waals surface area contributed by atoms with Crippen LogP contribution in [0, 0.1) is 18.3 Å². The lowest BCUT2D eigenvalue weighted by Crippen LogP contribution is -2.32. The molecule has 96 valence electrons. The molecule has 0 aliphatic carbocycles. The van der Waals surface area contributed by atoms with Gasteiger partial charge < -0.3 is 10.0 Å². The Bertz CT molecular complexity index is 478. The first-order valence-electron chi connectivity index (χ1n) is 5.81. The van der Waals surface area contributed by atoms with E-state index in [2.05, 4.69) is 11.1 Å². The van der Waals surface area contributed by atoms with Gasteiger partial charge in [0.2, 0.25) is 0 Å². The van der Waals surface area contributed by atoms with Crippen LogP contribution in [0.25, 0.3) is 0 Å². The molecule has 1 heterocycles. The van der Waals surface area contributed by atoms with E-state index in [0.29, 0.717) is 24.5 Å². The lowest BCUT2D eigenvalue weighted by atomic mass is 10.2. The van der Waals surface area contributed by atoms with Crippen LogP contribution in [0.4, 0.5) is 5.82 Å². The Morgan fingerprint density at radius 2 is 2.22 bits per heavy atom. The van der Waals surface area contributed by atoms with Gasteiger partial charge in [0, 0.05) is 18.3 Å². The van der Waals surface area contributed by atoms with Gasteiger partial charge >= 0.3 is 5.97 Å². The molecule has 0 spiro atoms. The fourth-order valence-corrected chi connectivity index (χ4v) is 1.73. The SMILES string of the molecule is Cc1cc(C(=O)O)cc(N(CCC#N)C(C)C)n1. The quantitative estimate of drug-likeness (QED) is 0.863. The number of aryl methyl sites for hydroxylation is 1. The Kier molecular flexibility index (Phi) is 4.67. The maximum atomic E-state index is 11.0. The Hall–Kier alpha value is -2.09. The van der Waals surface area contributed by atoms with Crippen molar-refractivity contribution in [2.75, 3.05) is 11.4 Å². The van der Waals surface area contributed by atoms with Crippen LogP contribution in [-0.2, 0) is 0 Å². The first-order chi connectivity index (χ1) is 8.45. The molecule has 0 aliphatic rings. The van der Waals surface area contributed by atoms with Gasteiger partial charge in [0.1, 0.15) is 5.82 Å². The summed E-state index contributed by atoms with van der Waals surface area (Å²) in [7, 11) is 0. The maximum Gasteiger partial charge on any atom is 0.335 e. The van der Waals surface area contributed by atoms with Crippen molar-refractivity contribution in [1.82, 2.24) is 4.98 Å². The fourth-order valence-electron chi connectivity index (χ4n) is 1.73. The number of hydrogen-bond donors (Lipinski definition) is 1. The minimum absolute atomic E-state index is 0.161. The second kappa shape index (κ2) is 6.01. The molecule has 0 saturated carbocycles. The lowest BCUT2D eigenvalue weighted by molar-refractivity contribution is 0.0696. The van der Waals surface area contributed by atoms with Crippen molar-refractivity contribution in [3.05, 3.63) is 23.4 Å². The molecule has 1 aromatic rings. The van der Waals surface area contributed by atoms with E-state index in [1.807, 2.05) is 18.7 Å². The van der Waals surface area contributed by atoms with Crippen LogP contribution in [0.15, 0.2) is 12.1 Å². The monoisotopic (exact) mass is 247 g/mol. The van der Waals surface area contributed by atoms with Gasteiger partial charge in [0.25, 0.3) is 0 Å². The summed E-state index contributed by atoms with van der Waals surface area (Å²) >= 11 is 0. The molecule has 0 bridgehead atoms. The molecule has 0 unspecified atom stereocenters. The number of carboxylic acids is 1. The molecule has 5 heteroatoms. The number of rotatable bonds is 5. The highest BCUT2D eigenvalue weighted by molar-refractivity contribution is 5.88. The Morgan fingerprint density at radius 3 is 2.72 bits per heavy atom. The van der Waals surface area contributed by atoms with Gasteiger partial charge in [-0.15, -0.1) is 0 Å². The molecule has 0 saturated heterocycles. The van der Waals surface area contributed by atoms with Gasteiger partial charge in [0.15, 0.2) is 0 Å². The number of anilines is 1. The molecule has 0 aromatic carbocycles. The predicted molar refractivity (Wildman–Crippen MR) is 68.6 cm³/mol. The molecule has 0 aliphatic heterocycles. The van der Waals surface area contributed by atoms with Crippen LogP contribution in [-0.4, -0.2) is 28.6 Å². The zero-order valence-corrected chi connectivity index (χ0v) is 10.8. The number of nitriles is 1. The topological polar surface area (TPSA) is 77.2 Å². The van der Waals surface area contributed by atoms with E-state index >= 15 is 0 Å². The minimum Gasteiger partial charge on any atom is -0.478 e. The number of carbonyl (C=O) groups is 1. The first-order valence-corrected chi connectivity index (χ1v) is 5.81. The molecule has 18 heavy (non-hydrogen) atoms. The van der Waals surface area contributed by atoms with Crippen LogP contribution in [0.2, 0.25) is 0 Å². The van der Waals surface area contributed by atoms with E-state index in [1.165, 1.54) is 6.07 Å². The molecule has 0 atom stereocenters. The number of aromatic carboxylic acids is 1. The van der Waals surface area contributed by atoms with E-state index < -0.39 is 5.97 Å². The second-order valence-corrected chi connectivity index (χ2v) is 4.36. The number of pyridine rings is 1. The van der Waals surface area contributed by atoms with Gasteiger partial charge in [-0.25, -0.2) is 9.78 Å². The molecule has 5 nitrogen and oxygen atoms in total. The summed E-state index contributed by atoms with van der Waals surface area (Å²) in [6.07, 6.45) is 0.385. The average Bonchev–Trinajstić information content (AvgIpc) is 2.28. The molecule has 0 radical (unpaired) electrons. The van der Waals surface area contributed by atoms with E-state index in [9.17, 15) is 4.79 Å². The molecule has 0 fully saturated rings. The van der Waals surface area contributed by atoms with Crippen molar-refractivity contribution < 1.29 is 9.90 Å². The molecular formula is C13H17N3O2. The van der Waals surface area contributed by atoms with Crippen molar-refractivity contribution in [3.8, 4) is 6.07 Å². The van der Waals surface area contributed by atoms with Crippen molar-refractivity contribution in [2.24, 2.45) is 0 Å². The highest BCUT2D eigenvalue weighted by Crippen LogP contribution is 2.18. The van der Waals surface area contributed by atoms with Gasteiger partial charge in [-0.1, -0.05) is 0 Å². The third-order valence-corrected chi connectivity index (χ3v) is 2.57. The van der Waals surface area contributed by atoms with Crippen LogP contribution in [0.3, 0.4) is 0 Å². The lowest BCUT2D eigenvalue weighted by Gasteiger charge is -2.27. The van der Waals surface area contributed by atoms with Crippen molar-refractivity contribution in [3.63, 3.8) is 0 Å². The predicted octanol–water partition coefficient (Wildman–Crippen LogP) is 2.22. The molecule has 0 amide bonds. The van der Waals surface area contributed by atoms with Crippen LogP contribution in [0.1, 0.15) is 36.3 Å². The van der Waals surface area contributed by atoms with E-state index in [-0.39, 0.29) is 11.6 Å². The largest absolute Gasteiger partial charge is 0.478 e. The van der Waals surface area contributed by atoms with Gasteiger partial charge in [0.05, 0.1) is 18.1 Å². The fraction of sp³-hybridized carbons (Fsp3) is 0.462. The van der Waals surface area contributed by atoms with Crippen molar-refractivity contribution in [2.45, 2.75) is 33.2 Å². The molecule has 1 N–H and O–H groups in total. The highest BCUT2D eigenvalue weighted by Gasteiger charge is 2.14. The number of carboxylic acid groups (broad SMARTS) is 1. The van der Waals surface area contributed by atoms with E-state index in [0.717, 1.165) is 0 Å². The van der Waals surface area contributed by atoms with E-state index in [4.69, 9.17) is 10.4 Å².